The first-order chi connectivity index (χ1) is 6.76. The maximum Gasteiger partial charge on any atom is 0.0939 e. The Morgan fingerprint density at radius 3 is 3.00 bits per heavy atom. The van der Waals surface area contributed by atoms with E-state index in [2.05, 4.69) is 0 Å². The zero-order valence-electron chi connectivity index (χ0n) is 8.45. The SMILES string of the molecule is NC(CO)C1CCOC2(CCOC2)C1. The molecular formula is C10H19NO3. The van der Waals surface area contributed by atoms with Crippen molar-refractivity contribution >= 4 is 0 Å². The largest absolute Gasteiger partial charge is 0.395 e. The van der Waals surface area contributed by atoms with Crippen molar-refractivity contribution in [2.75, 3.05) is 26.4 Å². The second-order valence-electron chi connectivity index (χ2n) is 4.43. The Morgan fingerprint density at radius 2 is 2.36 bits per heavy atom. The van der Waals surface area contributed by atoms with Crippen molar-refractivity contribution in [1.82, 2.24) is 0 Å². The van der Waals surface area contributed by atoms with Crippen molar-refractivity contribution < 1.29 is 14.6 Å². The molecule has 14 heavy (non-hydrogen) atoms. The van der Waals surface area contributed by atoms with E-state index in [0.29, 0.717) is 12.5 Å². The Balaban J connectivity index is 1.96. The summed E-state index contributed by atoms with van der Waals surface area (Å²) in [5, 5.41) is 9.02. The molecule has 82 valence electrons. The molecule has 2 aliphatic heterocycles. The quantitative estimate of drug-likeness (QED) is 0.654. The third-order valence-electron chi connectivity index (χ3n) is 3.41. The Morgan fingerprint density at radius 1 is 1.50 bits per heavy atom. The van der Waals surface area contributed by atoms with Crippen LogP contribution in [0.5, 0.6) is 0 Å². The highest BCUT2D eigenvalue weighted by molar-refractivity contribution is 4.92. The van der Waals surface area contributed by atoms with Crippen molar-refractivity contribution in [2.24, 2.45) is 11.7 Å². The normalized spacial score (nSPS) is 40.3. The lowest BCUT2D eigenvalue weighted by Crippen LogP contribution is -2.46. The van der Waals surface area contributed by atoms with E-state index in [4.69, 9.17) is 20.3 Å². The summed E-state index contributed by atoms with van der Waals surface area (Å²) < 4.78 is 11.2. The van der Waals surface area contributed by atoms with Crippen LogP contribution in [0.15, 0.2) is 0 Å². The lowest BCUT2D eigenvalue weighted by molar-refractivity contribution is -0.103. The van der Waals surface area contributed by atoms with E-state index in [-0.39, 0.29) is 18.2 Å². The Hall–Kier alpha value is -0.160. The minimum absolute atomic E-state index is 0.0710. The molecule has 0 aromatic rings. The van der Waals surface area contributed by atoms with E-state index in [1.807, 2.05) is 0 Å². The summed E-state index contributed by atoms with van der Waals surface area (Å²) in [4.78, 5) is 0. The van der Waals surface area contributed by atoms with Crippen LogP contribution >= 0.6 is 0 Å². The zero-order valence-corrected chi connectivity index (χ0v) is 8.45. The molecule has 0 amide bonds. The van der Waals surface area contributed by atoms with Gasteiger partial charge in [0, 0.05) is 25.7 Å². The fourth-order valence-corrected chi connectivity index (χ4v) is 2.44. The summed E-state index contributed by atoms with van der Waals surface area (Å²) in [6.07, 6.45) is 2.87. The molecule has 0 bridgehead atoms. The van der Waals surface area contributed by atoms with E-state index < -0.39 is 0 Å². The third kappa shape index (κ3) is 1.93. The van der Waals surface area contributed by atoms with Crippen LogP contribution in [-0.4, -0.2) is 43.2 Å². The second kappa shape index (κ2) is 4.14. The first-order valence-electron chi connectivity index (χ1n) is 5.34. The molecule has 4 nitrogen and oxygen atoms in total. The molecule has 0 saturated carbocycles. The maximum atomic E-state index is 9.02. The highest BCUT2D eigenvalue weighted by atomic mass is 16.6. The van der Waals surface area contributed by atoms with Crippen LogP contribution in [-0.2, 0) is 9.47 Å². The third-order valence-corrected chi connectivity index (χ3v) is 3.41. The van der Waals surface area contributed by atoms with E-state index in [9.17, 15) is 0 Å². The van der Waals surface area contributed by atoms with Crippen molar-refractivity contribution in [2.45, 2.75) is 30.9 Å². The van der Waals surface area contributed by atoms with Gasteiger partial charge >= 0.3 is 0 Å². The first kappa shape index (κ1) is 10.4. The molecule has 3 N–H and O–H groups in total. The molecule has 0 aromatic heterocycles. The molecule has 4 heteroatoms. The number of hydrogen-bond donors (Lipinski definition) is 2. The molecule has 3 unspecified atom stereocenters. The standard InChI is InChI=1S/C10H19NO3/c11-9(6-12)8-1-3-14-10(5-8)2-4-13-7-10/h8-9,12H,1-7,11H2. The fraction of sp³-hybridized carbons (Fsp3) is 1.00. The number of rotatable bonds is 2. The molecule has 2 fully saturated rings. The van der Waals surface area contributed by atoms with Crippen LogP contribution in [0.25, 0.3) is 0 Å². The van der Waals surface area contributed by atoms with Gasteiger partial charge in [-0.1, -0.05) is 0 Å². The highest BCUT2D eigenvalue weighted by Crippen LogP contribution is 2.36. The summed E-state index contributed by atoms with van der Waals surface area (Å²) in [7, 11) is 0. The number of hydrogen-bond acceptors (Lipinski definition) is 4. The van der Waals surface area contributed by atoms with Crippen LogP contribution < -0.4 is 5.73 Å². The molecule has 1 spiro atoms. The minimum Gasteiger partial charge on any atom is -0.395 e. The highest BCUT2D eigenvalue weighted by Gasteiger charge is 2.42. The molecule has 0 radical (unpaired) electrons. The second-order valence-corrected chi connectivity index (χ2v) is 4.43. The van der Waals surface area contributed by atoms with Gasteiger partial charge in [0.2, 0.25) is 0 Å². The molecule has 0 aromatic carbocycles. The maximum absolute atomic E-state index is 9.02. The summed E-state index contributed by atoms with van der Waals surface area (Å²) >= 11 is 0. The Bertz CT molecular complexity index is 192. The predicted octanol–water partition coefficient (Wildman–Crippen LogP) is -0.108. The summed E-state index contributed by atoms with van der Waals surface area (Å²) in [5.41, 5.74) is 5.76. The van der Waals surface area contributed by atoms with Crippen LogP contribution in [0, 0.1) is 5.92 Å². The van der Waals surface area contributed by atoms with Crippen molar-refractivity contribution in [3.63, 3.8) is 0 Å². The number of aliphatic hydroxyl groups is 1. The molecule has 3 atom stereocenters. The molecule has 2 saturated heterocycles. The Kier molecular flexibility index (Phi) is 3.07. The Labute approximate surface area is 84.4 Å². The smallest absolute Gasteiger partial charge is 0.0939 e. The van der Waals surface area contributed by atoms with Gasteiger partial charge in [-0.2, -0.15) is 0 Å². The van der Waals surface area contributed by atoms with Gasteiger partial charge in [0.05, 0.1) is 18.8 Å². The average molecular weight is 201 g/mol. The van der Waals surface area contributed by atoms with Crippen LogP contribution in [0.2, 0.25) is 0 Å². The van der Waals surface area contributed by atoms with Crippen LogP contribution in [0.1, 0.15) is 19.3 Å². The topological polar surface area (TPSA) is 64.7 Å². The van der Waals surface area contributed by atoms with Crippen molar-refractivity contribution in [1.29, 1.82) is 0 Å². The number of ether oxygens (including phenoxy) is 2. The van der Waals surface area contributed by atoms with Gasteiger partial charge in [-0.3, -0.25) is 0 Å². The van der Waals surface area contributed by atoms with Gasteiger partial charge < -0.3 is 20.3 Å². The van der Waals surface area contributed by atoms with Gasteiger partial charge in [0.15, 0.2) is 0 Å². The molecule has 2 rings (SSSR count). The van der Waals surface area contributed by atoms with E-state index in [1.165, 1.54) is 0 Å². The van der Waals surface area contributed by atoms with Crippen LogP contribution in [0.4, 0.5) is 0 Å². The fourth-order valence-electron chi connectivity index (χ4n) is 2.44. The van der Waals surface area contributed by atoms with E-state index >= 15 is 0 Å². The van der Waals surface area contributed by atoms with Gasteiger partial charge in [0.25, 0.3) is 0 Å². The number of aliphatic hydroxyl groups excluding tert-OH is 1. The molecule has 2 heterocycles. The zero-order chi connectivity index (χ0) is 10.0. The molecule has 2 aliphatic rings. The molecule has 0 aliphatic carbocycles. The predicted molar refractivity (Wildman–Crippen MR) is 51.9 cm³/mol. The summed E-state index contributed by atoms with van der Waals surface area (Å²) in [6.45, 7) is 2.31. The average Bonchev–Trinajstić information content (AvgIpc) is 2.65. The van der Waals surface area contributed by atoms with E-state index in [0.717, 1.165) is 32.5 Å². The van der Waals surface area contributed by atoms with Crippen molar-refractivity contribution in [3.05, 3.63) is 0 Å². The lowest BCUT2D eigenvalue weighted by atomic mass is 9.81. The molecular weight excluding hydrogens is 182 g/mol. The van der Waals surface area contributed by atoms with E-state index in [1.54, 1.807) is 0 Å². The monoisotopic (exact) mass is 201 g/mol. The lowest BCUT2D eigenvalue weighted by Gasteiger charge is -2.38. The first-order valence-corrected chi connectivity index (χ1v) is 5.34. The van der Waals surface area contributed by atoms with Crippen LogP contribution in [0.3, 0.4) is 0 Å². The summed E-state index contributed by atoms with van der Waals surface area (Å²) in [6, 6.07) is -0.101. The van der Waals surface area contributed by atoms with Gasteiger partial charge in [-0.05, 0) is 18.8 Å². The minimum atomic E-state index is -0.101. The van der Waals surface area contributed by atoms with Gasteiger partial charge in [-0.25, -0.2) is 0 Å². The van der Waals surface area contributed by atoms with Gasteiger partial charge in [0.1, 0.15) is 0 Å². The number of nitrogens with two attached hydrogens (primary N) is 1. The summed E-state index contributed by atoms with van der Waals surface area (Å²) in [5.74, 6) is 0.385. The van der Waals surface area contributed by atoms with Crippen molar-refractivity contribution in [3.8, 4) is 0 Å². The van der Waals surface area contributed by atoms with Gasteiger partial charge in [-0.15, -0.1) is 0 Å².